The van der Waals surface area contributed by atoms with Gasteiger partial charge in [-0.15, -0.1) is 0 Å². The minimum atomic E-state index is -0.106. The fourth-order valence-electron chi connectivity index (χ4n) is 7.46. The zero-order valence-corrected chi connectivity index (χ0v) is 32.3. The molecule has 1 saturated heterocycles. The molecule has 2 aliphatic heterocycles. The van der Waals surface area contributed by atoms with Gasteiger partial charge in [-0.25, -0.2) is 34.6 Å². The van der Waals surface area contributed by atoms with E-state index in [2.05, 4.69) is 68.2 Å². The number of nitrogen functional groups attached to an aromatic ring is 2. The van der Waals surface area contributed by atoms with Crippen molar-refractivity contribution >= 4 is 57.7 Å². The molecular weight excluding hydrogens is 755 g/mol. The van der Waals surface area contributed by atoms with Crippen LogP contribution >= 0.6 is 0 Å². The van der Waals surface area contributed by atoms with Crippen LogP contribution in [0.25, 0.3) is 33.4 Å². The summed E-state index contributed by atoms with van der Waals surface area (Å²) in [6.07, 6.45) is 9.15. The van der Waals surface area contributed by atoms with Gasteiger partial charge in [-0.3, -0.25) is 9.59 Å². The van der Waals surface area contributed by atoms with E-state index in [1.54, 1.807) is 38.0 Å². The number of nitrogens with two attached hydrogens (primary N) is 2. The van der Waals surface area contributed by atoms with Gasteiger partial charge in [0.25, 0.3) is 11.9 Å². The number of fused-ring (bicyclic) bond motifs is 3. The largest absolute Gasteiger partial charge is 0.424 e. The number of benzene rings is 2. The molecule has 0 bridgehead atoms. The molecule has 7 aromatic rings. The third kappa shape index (κ3) is 7.74. The Balaban J connectivity index is 0.808. The number of carbonyl (C=O) groups excluding carboxylic acids is 2. The van der Waals surface area contributed by atoms with Crippen molar-refractivity contribution in [3.8, 4) is 11.3 Å². The molecule has 5 N–H and O–H groups in total. The molecule has 19 heteroatoms. The third-order valence-electron chi connectivity index (χ3n) is 10.6. The van der Waals surface area contributed by atoms with Crippen LogP contribution in [0.4, 0.5) is 23.7 Å². The van der Waals surface area contributed by atoms with Crippen LogP contribution in [0.3, 0.4) is 0 Å². The van der Waals surface area contributed by atoms with Crippen molar-refractivity contribution in [3.05, 3.63) is 95.3 Å². The first-order chi connectivity index (χ1) is 28.8. The second kappa shape index (κ2) is 15.9. The Labute approximate surface area is 337 Å². The molecule has 300 valence electrons. The first-order valence-corrected chi connectivity index (χ1v) is 19.2. The Kier molecular flexibility index (Phi) is 10.1. The van der Waals surface area contributed by atoms with E-state index in [1.165, 1.54) is 11.9 Å². The number of amides is 2. The number of nitrogens with one attached hydrogen (secondary N) is 1. The molecule has 59 heavy (non-hydrogen) atoms. The maximum Gasteiger partial charge on any atom is 0.292 e. The molecule has 2 aromatic carbocycles. The minimum absolute atomic E-state index is 0.0815. The van der Waals surface area contributed by atoms with E-state index in [9.17, 15) is 9.59 Å². The first-order valence-electron chi connectivity index (χ1n) is 19.2. The Bertz CT molecular complexity index is 2660. The summed E-state index contributed by atoms with van der Waals surface area (Å²) < 4.78 is 12.2. The van der Waals surface area contributed by atoms with Crippen LogP contribution in [0.2, 0.25) is 0 Å². The van der Waals surface area contributed by atoms with Gasteiger partial charge in [0, 0.05) is 95.3 Å². The lowest BCUT2D eigenvalue weighted by molar-refractivity contribution is -0.122. The number of aromatic nitrogens is 9. The summed E-state index contributed by atoms with van der Waals surface area (Å²) in [4.78, 5) is 62.7. The van der Waals surface area contributed by atoms with Crippen molar-refractivity contribution in [2.24, 2.45) is 0 Å². The molecule has 5 aromatic heterocycles. The summed E-state index contributed by atoms with van der Waals surface area (Å²) in [5.41, 5.74) is 20.0. The zero-order chi connectivity index (χ0) is 40.5. The number of piperazine rings is 1. The summed E-state index contributed by atoms with van der Waals surface area (Å²) in [6, 6.07) is 12.0. The van der Waals surface area contributed by atoms with Crippen LogP contribution < -0.4 is 26.6 Å². The summed E-state index contributed by atoms with van der Waals surface area (Å²) in [7, 11) is 1.57. The highest BCUT2D eigenvalue weighted by molar-refractivity contribution is 5.99. The SMILES string of the molecule is COCCC(=O)NCc1cnc(N2CCN(c3ncc(C(=O)N4CCc5cc(Cn6nc(-c7ccc8oc(N)nc8c7)c7c(N)ncnc76)ccc5C4)cn3)CC2)nc1. The lowest BCUT2D eigenvalue weighted by Gasteiger charge is -2.34. The highest BCUT2D eigenvalue weighted by Gasteiger charge is 2.25. The molecule has 0 aliphatic carbocycles. The minimum Gasteiger partial charge on any atom is -0.424 e. The molecule has 7 heterocycles. The summed E-state index contributed by atoms with van der Waals surface area (Å²) in [5, 5.41) is 8.43. The second-order valence-corrected chi connectivity index (χ2v) is 14.4. The van der Waals surface area contributed by atoms with Crippen molar-refractivity contribution in [2.45, 2.75) is 32.5 Å². The molecular formula is C40H41N15O4. The van der Waals surface area contributed by atoms with Crippen LogP contribution in [0.15, 0.2) is 71.9 Å². The van der Waals surface area contributed by atoms with E-state index in [-0.39, 0.29) is 17.8 Å². The predicted molar refractivity (Wildman–Crippen MR) is 218 cm³/mol. The summed E-state index contributed by atoms with van der Waals surface area (Å²) in [5.74, 6) is 1.35. The molecule has 2 aliphatic rings. The Morgan fingerprint density at radius 2 is 1.59 bits per heavy atom. The van der Waals surface area contributed by atoms with Crippen molar-refractivity contribution in [1.29, 1.82) is 0 Å². The average molecular weight is 796 g/mol. The number of anilines is 4. The Morgan fingerprint density at radius 1 is 0.847 bits per heavy atom. The quantitative estimate of drug-likeness (QED) is 0.171. The average Bonchev–Trinajstić information content (AvgIpc) is 3.84. The number of carbonyl (C=O) groups is 2. The molecule has 1 fully saturated rings. The van der Waals surface area contributed by atoms with Crippen molar-refractivity contribution in [3.63, 3.8) is 0 Å². The van der Waals surface area contributed by atoms with Crippen molar-refractivity contribution in [2.75, 3.05) is 67.7 Å². The van der Waals surface area contributed by atoms with Crippen molar-refractivity contribution in [1.82, 2.24) is 54.9 Å². The number of rotatable bonds is 11. The van der Waals surface area contributed by atoms with E-state index in [0.29, 0.717) is 123 Å². The van der Waals surface area contributed by atoms with Gasteiger partial charge in [-0.1, -0.05) is 18.2 Å². The number of hydrogen-bond donors (Lipinski definition) is 3. The highest BCUT2D eigenvalue weighted by atomic mass is 16.5. The van der Waals surface area contributed by atoms with Gasteiger partial charge in [-0.05, 0) is 41.3 Å². The van der Waals surface area contributed by atoms with E-state index < -0.39 is 0 Å². The Hall–Kier alpha value is -7.28. The summed E-state index contributed by atoms with van der Waals surface area (Å²) in [6.45, 7) is 4.98. The van der Waals surface area contributed by atoms with Crippen LogP contribution in [-0.2, 0) is 35.6 Å². The molecule has 19 nitrogen and oxygen atoms in total. The van der Waals surface area contributed by atoms with Crippen LogP contribution in [0, 0.1) is 0 Å². The summed E-state index contributed by atoms with van der Waals surface area (Å²) >= 11 is 0. The van der Waals surface area contributed by atoms with Crippen LogP contribution in [0.5, 0.6) is 0 Å². The lowest BCUT2D eigenvalue weighted by atomic mass is 9.97. The smallest absolute Gasteiger partial charge is 0.292 e. The third-order valence-corrected chi connectivity index (χ3v) is 10.6. The fraction of sp³-hybridized carbons (Fsp3) is 0.300. The topological polar surface area (TPSA) is 238 Å². The zero-order valence-electron chi connectivity index (χ0n) is 32.3. The van der Waals surface area contributed by atoms with Crippen LogP contribution in [-0.4, -0.2) is 108 Å². The van der Waals surface area contributed by atoms with E-state index in [4.69, 9.17) is 25.7 Å². The number of oxazole rings is 1. The van der Waals surface area contributed by atoms with Gasteiger partial charge in [0.1, 0.15) is 23.4 Å². The van der Waals surface area contributed by atoms with Gasteiger partial charge in [0.2, 0.25) is 17.8 Å². The maximum absolute atomic E-state index is 13.6. The van der Waals surface area contributed by atoms with Gasteiger partial charge in [0.05, 0.1) is 24.1 Å². The number of ether oxygens (including phenoxy) is 1. The lowest BCUT2D eigenvalue weighted by Crippen LogP contribution is -2.47. The standard InChI is InChI=1S/C40H41N15O4/c1-58-13-7-32(56)43-16-25-17-44-39(45-18-25)52-9-11-53(12-10-52)40-46-19-29(20-47-40)37(57)54-8-6-26-14-24(2-3-28(26)22-54)21-55-36-33(35(41)48-23-49-36)34(51-55)27-4-5-31-30(15-27)50-38(42)59-31/h2-5,14-15,17-20,23H,6-13,16,21-22H2,1H3,(H2,42,50)(H,43,56)(H2,41,48,49). The molecule has 9 rings (SSSR count). The first kappa shape index (κ1) is 37.3. The van der Waals surface area contributed by atoms with Crippen LogP contribution in [0.1, 0.15) is 39.0 Å². The van der Waals surface area contributed by atoms with Gasteiger partial charge >= 0.3 is 0 Å². The highest BCUT2D eigenvalue weighted by Crippen LogP contribution is 2.33. The normalized spacial score (nSPS) is 14.2. The fourth-order valence-corrected chi connectivity index (χ4v) is 7.46. The predicted octanol–water partition coefficient (Wildman–Crippen LogP) is 2.61. The van der Waals surface area contributed by atoms with Gasteiger partial charge in [-0.2, -0.15) is 10.1 Å². The second-order valence-electron chi connectivity index (χ2n) is 14.4. The van der Waals surface area contributed by atoms with E-state index in [0.717, 1.165) is 22.3 Å². The molecule has 2 amide bonds. The number of hydrogen-bond acceptors (Lipinski definition) is 16. The Morgan fingerprint density at radius 3 is 2.34 bits per heavy atom. The van der Waals surface area contributed by atoms with Gasteiger partial charge in [0.15, 0.2) is 11.2 Å². The van der Waals surface area contributed by atoms with E-state index >= 15 is 0 Å². The number of methoxy groups -OCH3 is 1. The molecule has 0 atom stereocenters. The van der Waals surface area contributed by atoms with E-state index in [1.807, 2.05) is 21.7 Å². The monoisotopic (exact) mass is 795 g/mol. The maximum atomic E-state index is 13.6. The molecule has 0 unspecified atom stereocenters. The number of nitrogens with zero attached hydrogens (tertiary/aromatic N) is 12. The van der Waals surface area contributed by atoms with Crippen molar-refractivity contribution < 1.29 is 18.7 Å². The molecule has 0 spiro atoms. The molecule has 0 saturated carbocycles. The van der Waals surface area contributed by atoms with Gasteiger partial charge < -0.3 is 40.6 Å². The molecule has 0 radical (unpaired) electrons.